The van der Waals surface area contributed by atoms with E-state index in [1.165, 1.54) is 0 Å². The van der Waals surface area contributed by atoms with Gasteiger partial charge in [-0.15, -0.1) is 11.3 Å². The SMILES string of the molecule is CC(NC(=O)C1CCCO1)c1nc2ccccc2n1CC(=O)NCc1cccs1. The highest BCUT2D eigenvalue weighted by Gasteiger charge is 2.27. The molecule has 1 aromatic carbocycles. The normalized spacial score (nSPS) is 17.3. The maximum Gasteiger partial charge on any atom is 0.249 e. The number of carbonyl (C=O) groups is 2. The summed E-state index contributed by atoms with van der Waals surface area (Å²) >= 11 is 1.61. The summed E-state index contributed by atoms with van der Waals surface area (Å²) in [5.74, 6) is 0.431. The van der Waals surface area contributed by atoms with Gasteiger partial charge in [-0.25, -0.2) is 4.98 Å². The number of fused-ring (bicyclic) bond motifs is 1. The van der Waals surface area contributed by atoms with Crippen LogP contribution in [0.2, 0.25) is 0 Å². The Morgan fingerprint density at radius 3 is 2.93 bits per heavy atom. The first-order valence-electron chi connectivity index (χ1n) is 9.78. The smallest absolute Gasteiger partial charge is 0.249 e. The fourth-order valence-corrected chi connectivity index (χ4v) is 4.19. The van der Waals surface area contributed by atoms with Crippen molar-refractivity contribution in [1.29, 1.82) is 0 Å². The van der Waals surface area contributed by atoms with E-state index in [-0.39, 0.29) is 24.4 Å². The molecule has 1 saturated heterocycles. The van der Waals surface area contributed by atoms with Gasteiger partial charge in [0.05, 0.1) is 23.6 Å². The zero-order valence-corrected chi connectivity index (χ0v) is 17.1. The molecule has 152 valence electrons. The second kappa shape index (κ2) is 8.75. The fraction of sp³-hybridized carbons (Fsp3) is 0.381. The maximum atomic E-state index is 12.6. The molecule has 0 saturated carbocycles. The Labute approximate surface area is 173 Å². The van der Waals surface area contributed by atoms with E-state index >= 15 is 0 Å². The zero-order valence-electron chi connectivity index (χ0n) is 16.3. The number of nitrogens with zero attached hydrogens (tertiary/aromatic N) is 2. The molecule has 2 aromatic heterocycles. The lowest BCUT2D eigenvalue weighted by Gasteiger charge is -2.18. The zero-order chi connectivity index (χ0) is 20.2. The largest absolute Gasteiger partial charge is 0.368 e. The molecule has 2 amide bonds. The molecule has 0 aliphatic carbocycles. The van der Waals surface area contributed by atoms with E-state index in [1.807, 2.05) is 53.3 Å². The molecule has 0 radical (unpaired) electrons. The summed E-state index contributed by atoms with van der Waals surface area (Å²) in [6, 6.07) is 11.3. The predicted molar refractivity (Wildman–Crippen MR) is 111 cm³/mol. The molecule has 2 unspecified atom stereocenters. The number of benzene rings is 1. The minimum atomic E-state index is -0.399. The number of nitrogens with one attached hydrogen (secondary N) is 2. The number of imidazole rings is 1. The monoisotopic (exact) mass is 412 g/mol. The summed E-state index contributed by atoms with van der Waals surface area (Å²) in [5.41, 5.74) is 1.67. The number of hydrogen-bond donors (Lipinski definition) is 2. The average molecular weight is 413 g/mol. The van der Waals surface area contributed by atoms with E-state index in [2.05, 4.69) is 15.6 Å². The van der Waals surface area contributed by atoms with Crippen molar-refractivity contribution in [2.24, 2.45) is 0 Å². The van der Waals surface area contributed by atoms with Crippen molar-refractivity contribution in [2.45, 2.75) is 45.0 Å². The first kappa shape index (κ1) is 19.6. The van der Waals surface area contributed by atoms with Crippen LogP contribution in [0.5, 0.6) is 0 Å². The number of thiophene rings is 1. The Bertz CT molecular complexity index is 993. The Kier molecular flexibility index (Phi) is 5.92. The van der Waals surface area contributed by atoms with Gasteiger partial charge in [-0.05, 0) is 43.3 Å². The number of amides is 2. The standard InChI is InChI=1S/C21H24N4O3S/c1-14(23-21(27)18-9-4-10-28-18)20-24-16-7-2-3-8-17(16)25(20)13-19(26)22-12-15-6-5-11-29-15/h2-3,5-8,11,14,18H,4,9-10,12-13H2,1H3,(H,22,26)(H,23,27). The van der Waals surface area contributed by atoms with E-state index in [9.17, 15) is 9.59 Å². The van der Waals surface area contributed by atoms with Crippen LogP contribution < -0.4 is 10.6 Å². The summed E-state index contributed by atoms with van der Waals surface area (Å²) < 4.78 is 7.34. The fourth-order valence-electron chi connectivity index (χ4n) is 3.54. The third-order valence-corrected chi connectivity index (χ3v) is 5.87. The van der Waals surface area contributed by atoms with Crippen molar-refractivity contribution in [2.75, 3.05) is 6.61 Å². The molecule has 29 heavy (non-hydrogen) atoms. The summed E-state index contributed by atoms with van der Waals surface area (Å²) in [5, 5.41) is 7.93. The van der Waals surface area contributed by atoms with Crippen LogP contribution in [0.1, 0.15) is 36.5 Å². The molecule has 3 aromatic rings. The number of hydrogen-bond acceptors (Lipinski definition) is 5. The van der Waals surface area contributed by atoms with E-state index in [0.29, 0.717) is 19.0 Å². The third-order valence-electron chi connectivity index (χ3n) is 4.99. The Hall–Kier alpha value is -2.71. The Morgan fingerprint density at radius 2 is 2.17 bits per heavy atom. The number of aromatic nitrogens is 2. The molecule has 0 bridgehead atoms. The van der Waals surface area contributed by atoms with Gasteiger partial charge in [0.25, 0.3) is 0 Å². The van der Waals surface area contributed by atoms with Crippen molar-refractivity contribution in [3.63, 3.8) is 0 Å². The summed E-state index contributed by atoms with van der Waals surface area (Å²) in [6.45, 7) is 3.15. The molecule has 8 heteroatoms. The molecular weight excluding hydrogens is 388 g/mol. The van der Waals surface area contributed by atoms with Crippen LogP contribution in [0, 0.1) is 0 Å². The molecule has 1 aliphatic heterocycles. The van der Waals surface area contributed by atoms with Crippen molar-refractivity contribution < 1.29 is 14.3 Å². The number of ether oxygens (including phenoxy) is 1. The van der Waals surface area contributed by atoms with Gasteiger partial charge in [0.2, 0.25) is 11.8 Å². The number of para-hydroxylation sites is 2. The van der Waals surface area contributed by atoms with Gasteiger partial charge >= 0.3 is 0 Å². The highest BCUT2D eigenvalue weighted by molar-refractivity contribution is 7.09. The van der Waals surface area contributed by atoms with E-state index in [0.717, 1.165) is 28.8 Å². The van der Waals surface area contributed by atoms with Crippen LogP contribution in [-0.2, 0) is 27.4 Å². The summed E-state index contributed by atoms with van der Waals surface area (Å²) in [7, 11) is 0. The second-order valence-corrected chi connectivity index (χ2v) is 8.17. The molecule has 3 heterocycles. The van der Waals surface area contributed by atoms with Crippen molar-refractivity contribution in [3.05, 3.63) is 52.5 Å². The Morgan fingerprint density at radius 1 is 1.31 bits per heavy atom. The van der Waals surface area contributed by atoms with Gasteiger partial charge in [0, 0.05) is 11.5 Å². The molecule has 2 atom stereocenters. The van der Waals surface area contributed by atoms with Crippen molar-refractivity contribution >= 4 is 34.2 Å². The maximum absolute atomic E-state index is 12.6. The van der Waals surface area contributed by atoms with Gasteiger partial charge < -0.3 is 19.9 Å². The van der Waals surface area contributed by atoms with Crippen LogP contribution in [0.3, 0.4) is 0 Å². The average Bonchev–Trinajstić information content (AvgIpc) is 3.47. The van der Waals surface area contributed by atoms with Crippen LogP contribution in [0.15, 0.2) is 41.8 Å². The van der Waals surface area contributed by atoms with Crippen molar-refractivity contribution in [3.8, 4) is 0 Å². The highest BCUT2D eigenvalue weighted by Crippen LogP contribution is 2.22. The first-order valence-corrected chi connectivity index (χ1v) is 10.7. The van der Waals surface area contributed by atoms with Gasteiger partial charge in [-0.3, -0.25) is 9.59 Å². The minimum Gasteiger partial charge on any atom is -0.368 e. The van der Waals surface area contributed by atoms with E-state index < -0.39 is 6.10 Å². The lowest BCUT2D eigenvalue weighted by molar-refractivity contribution is -0.130. The molecule has 1 fully saturated rings. The quantitative estimate of drug-likeness (QED) is 0.625. The highest BCUT2D eigenvalue weighted by atomic mass is 32.1. The first-order chi connectivity index (χ1) is 14.1. The van der Waals surface area contributed by atoms with Gasteiger partial charge in [-0.2, -0.15) is 0 Å². The van der Waals surface area contributed by atoms with Gasteiger partial charge in [-0.1, -0.05) is 18.2 Å². The molecule has 2 N–H and O–H groups in total. The predicted octanol–water partition coefficient (Wildman–Crippen LogP) is 2.77. The lowest BCUT2D eigenvalue weighted by Crippen LogP contribution is -2.37. The van der Waals surface area contributed by atoms with Crippen LogP contribution in [-0.4, -0.2) is 34.1 Å². The Balaban J connectivity index is 1.51. The van der Waals surface area contributed by atoms with E-state index in [1.54, 1.807) is 11.3 Å². The summed E-state index contributed by atoms with van der Waals surface area (Å²) in [6.07, 6.45) is 1.24. The molecule has 7 nitrogen and oxygen atoms in total. The third kappa shape index (κ3) is 4.49. The van der Waals surface area contributed by atoms with Gasteiger partial charge in [0.1, 0.15) is 18.5 Å². The molecular formula is C21H24N4O3S. The van der Waals surface area contributed by atoms with Crippen molar-refractivity contribution in [1.82, 2.24) is 20.2 Å². The van der Waals surface area contributed by atoms with Crippen LogP contribution in [0.25, 0.3) is 11.0 Å². The summed E-state index contributed by atoms with van der Waals surface area (Å²) in [4.78, 5) is 30.8. The number of rotatable bonds is 7. The van der Waals surface area contributed by atoms with E-state index in [4.69, 9.17) is 4.74 Å². The molecule has 0 spiro atoms. The molecule has 4 rings (SSSR count). The topological polar surface area (TPSA) is 85.2 Å². The second-order valence-electron chi connectivity index (χ2n) is 7.13. The lowest BCUT2D eigenvalue weighted by atomic mass is 10.2. The van der Waals surface area contributed by atoms with Crippen LogP contribution in [0.4, 0.5) is 0 Å². The number of carbonyl (C=O) groups excluding carboxylic acids is 2. The van der Waals surface area contributed by atoms with Crippen LogP contribution >= 0.6 is 11.3 Å². The van der Waals surface area contributed by atoms with Gasteiger partial charge in [0.15, 0.2) is 0 Å². The molecule has 1 aliphatic rings. The minimum absolute atomic E-state index is 0.0968.